The fraction of sp³-hybridized carbons (Fsp3) is 0.278. The summed E-state index contributed by atoms with van der Waals surface area (Å²) in [5.41, 5.74) is 2.50. The van der Waals surface area contributed by atoms with E-state index >= 15 is 0 Å². The maximum Gasteiger partial charge on any atom is 0.323 e. The maximum atomic E-state index is 13.0. The van der Waals surface area contributed by atoms with Gasteiger partial charge in [0, 0.05) is 16.9 Å². The molecule has 0 saturated heterocycles. The lowest BCUT2D eigenvalue weighted by Crippen LogP contribution is -2.36. The van der Waals surface area contributed by atoms with E-state index in [9.17, 15) is 14.4 Å². The number of rotatable bonds is 6. The number of H-pyrrole nitrogens is 1. The summed E-state index contributed by atoms with van der Waals surface area (Å²) in [5.74, 6) is -1.69. The van der Waals surface area contributed by atoms with Crippen LogP contribution in [0.15, 0.2) is 30.3 Å². The average Bonchev–Trinajstić information content (AvgIpc) is 2.89. The molecule has 6 nitrogen and oxygen atoms in total. The van der Waals surface area contributed by atoms with Gasteiger partial charge in [-0.2, -0.15) is 0 Å². The number of aliphatic carboxylic acids is 1. The molecule has 126 valence electrons. The second kappa shape index (κ2) is 7.12. The first kappa shape index (κ1) is 17.5. The van der Waals surface area contributed by atoms with E-state index in [0.29, 0.717) is 28.9 Å². The van der Waals surface area contributed by atoms with Gasteiger partial charge in [0.15, 0.2) is 5.78 Å². The molecule has 1 amide bonds. The number of carboxylic acid groups (broad SMARTS) is 1. The molecule has 0 radical (unpaired) electrons. The largest absolute Gasteiger partial charge is 0.480 e. The van der Waals surface area contributed by atoms with Crippen LogP contribution >= 0.6 is 0 Å². The number of aromatic nitrogens is 1. The number of benzene rings is 1. The molecule has 0 fully saturated rings. The van der Waals surface area contributed by atoms with Gasteiger partial charge < -0.3 is 10.1 Å². The molecule has 0 unspecified atom stereocenters. The summed E-state index contributed by atoms with van der Waals surface area (Å²) in [4.78, 5) is 40.2. The van der Waals surface area contributed by atoms with Crippen molar-refractivity contribution < 1.29 is 19.5 Å². The Labute approximate surface area is 140 Å². The molecule has 1 heterocycles. The summed E-state index contributed by atoms with van der Waals surface area (Å²) in [7, 11) is 0. The molecule has 1 aromatic carbocycles. The Balaban J connectivity index is 2.53. The van der Waals surface area contributed by atoms with Crippen LogP contribution in [-0.2, 0) is 11.2 Å². The van der Waals surface area contributed by atoms with Gasteiger partial charge in [0.25, 0.3) is 5.91 Å². The van der Waals surface area contributed by atoms with Gasteiger partial charge in [-0.05, 0) is 38.0 Å². The van der Waals surface area contributed by atoms with E-state index in [1.54, 1.807) is 37.3 Å². The number of ketones is 1. The van der Waals surface area contributed by atoms with Crippen molar-refractivity contribution in [3.05, 3.63) is 52.8 Å². The monoisotopic (exact) mass is 328 g/mol. The van der Waals surface area contributed by atoms with Gasteiger partial charge in [-0.3, -0.25) is 19.3 Å². The zero-order valence-electron chi connectivity index (χ0n) is 13.9. The van der Waals surface area contributed by atoms with Gasteiger partial charge in [0.05, 0.1) is 0 Å². The van der Waals surface area contributed by atoms with Crippen LogP contribution < -0.4 is 4.90 Å². The van der Waals surface area contributed by atoms with Gasteiger partial charge in [0.1, 0.15) is 12.2 Å². The molecule has 0 spiro atoms. The number of aryl methyl sites for hydroxylation is 1. The molecule has 2 rings (SSSR count). The smallest absolute Gasteiger partial charge is 0.323 e. The highest BCUT2D eigenvalue weighted by Crippen LogP contribution is 2.24. The second-order valence-corrected chi connectivity index (χ2v) is 5.51. The topological polar surface area (TPSA) is 90.5 Å². The number of carbonyl (C=O) groups is 3. The third kappa shape index (κ3) is 3.37. The highest BCUT2D eigenvalue weighted by Gasteiger charge is 2.27. The van der Waals surface area contributed by atoms with E-state index in [-0.39, 0.29) is 11.5 Å². The summed E-state index contributed by atoms with van der Waals surface area (Å²) < 4.78 is 0. The van der Waals surface area contributed by atoms with Crippen molar-refractivity contribution in [3.8, 4) is 0 Å². The number of amides is 1. The Morgan fingerprint density at radius 3 is 2.29 bits per heavy atom. The van der Waals surface area contributed by atoms with Crippen molar-refractivity contribution >= 4 is 23.3 Å². The first-order valence-electron chi connectivity index (χ1n) is 7.67. The summed E-state index contributed by atoms with van der Waals surface area (Å²) >= 11 is 0. The average molecular weight is 328 g/mol. The van der Waals surface area contributed by atoms with Crippen LogP contribution in [0.3, 0.4) is 0 Å². The molecule has 6 heteroatoms. The summed E-state index contributed by atoms with van der Waals surface area (Å²) in [5, 5.41) is 9.16. The van der Waals surface area contributed by atoms with E-state index in [0.717, 1.165) is 0 Å². The number of hydrogen-bond acceptors (Lipinski definition) is 3. The first-order valence-corrected chi connectivity index (χ1v) is 7.67. The first-order chi connectivity index (χ1) is 11.4. The van der Waals surface area contributed by atoms with Crippen molar-refractivity contribution in [1.29, 1.82) is 0 Å². The van der Waals surface area contributed by atoms with Crippen LogP contribution in [-0.4, -0.2) is 34.3 Å². The molecular weight excluding hydrogens is 308 g/mol. The Morgan fingerprint density at radius 2 is 1.79 bits per heavy atom. The van der Waals surface area contributed by atoms with Crippen molar-refractivity contribution in [2.75, 3.05) is 11.4 Å². The van der Waals surface area contributed by atoms with E-state index in [2.05, 4.69) is 4.98 Å². The minimum absolute atomic E-state index is 0.121. The number of nitrogens with one attached hydrogen (secondary N) is 1. The van der Waals surface area contributed by atoms with E-state index < -0.39 is 18.4 Å². The van der Waals surface area contributed by atoms with Gasteiger partial charge in [-0.15, -0.1) is 0 Å². The molecule has 2 N–H and O–H groups in total. The number of para-hydroxylation sites is 1. The summed E-state index contributed by atoms with van der Waals surface area (Å²) in [6, 6.07) is 8.61. The molecule has 24 heavy (non-hydrogen) atoms. The minimum atomic E-state index is -1.11. The number of nitrogens with zero attached hydrogens (tertiary/aromatic N) is 1. The standard InChI is InChI=1S/C18H20N2O4/c1-4-14-16(12(3)21)11(2)19-17(14)18(24)20(10-15(22)23)13-8-6-5-7-9-13/h5-9,19H,4,10H2,1-3H3,(H,22,23). The van der Waals surface area contributed by atoms with E-state index in [1.165, 1.54) is 11.8 Å². The van der Waals surface area contributed by atoms with Crippen molar-refractivity contribution in [1.82, 2.24) is 4.98 Å². The minimum Gasteiger partial charge on any atom is -0.480 e. The van der Waals surface area contributed by atoms with Crippen LogP contribution in [0.2, 0.25) is 0 Å². The lowest BCUT2D eigenvalue weighted by molar-refractivity contribution is -0.135. The number of anilines is 1. The van der Waals surface area contributed by atoms with Gasteiger partial charge in [-0.25, -0.2) is 0 Å². The zero-order valence-corrected chi connectivity index (χ0v) is 13.9. The number of aromatic amines is 1. The number of hydrogen-bond donors (Lipinski definition) is 2. The molecule has 0 saturated carbocycles. The normalized spacial score (nSPS) is 10.5. The molecule has 0 atom stereocenters. The second-order valence-electron chi connectivity index (χ2n) is 5.51. The van der Waals surface area contributed by atoms with Gasteiger partial charge in [0.2, 0.25) is 0 Å². The van der Waals surface area contributed by atoms with Crippen molar-refractivity contribution in [2.24, 2.45) is 0 Å². The number of Topliss-reactive ketones (excluding diaryl/α,β-unsaturated/α-hetero) is 1. The molecule has 0 bridgehead atoms. The lowest BCUT2D eigenvalue weighted by Gasteiger charge is -2.21. The van der Waals surface area contributed by atoms with Crippen LogP contribution in [0.4, 0.5) is 5.69 Å². The van der Waals surface area contributed by atoms with Gasteiger partial charge in [-0.1, -0.05) is 25.1 Å². The molecule has 2 aromatic rings. The Hall–Kier alpha value is -2.89. The number of carboxylic acids is 1. The van der Waals surface area contributed by atoms with Crippen LogP contribution in [0.25, 0.3) is 0 Å². The van der Waals surface area contributed by atoms with Gasteiger partial charge >= 0.3 is 5.97 Å². The lowest BCUT2D eigenvalue weighted by atomic mass is 10.0. The van der Waals surface area contributed by atoms with E-state index in [1.807, 2.05) is 6.92 Å². The highest BCUT2D eigenvalue weighted by atomic mass is 16.4. The Bertz CT molecular complexity index is 778. The number of carbonyl (C=O) groups excluding carboxylic acids is 2. The fourth-order valence-corrected chi connectivity index (χ4v) is 2.85. The fourth-order valence-electron chi connectivity index (χ4n) is 2.85. The van der Waals surface area contributed by atoms with Crippen LogP contribution in [0, 0.1) is 6.92 Å². The van der Waals surface area contributed by atoms with Crippen LogP contribution in [0.1, 0.15) is 46.0 Å². The molecular formula is C18H20N2O4. The Morgan fingerprint density at radius 1 is 1.17 bits per heavy atom. The highest BCUT2D eigenvalue weighted by molar-refractivity contribution is 6.10. The predicted octanol–water partition coefficient (Wildman–Crippen LogP) is 2.82. The van der Waals surface area contributed by atoms with Crippen molar-refractivity contribution in [2.45, 2.75) is 27.2 Å². The summed E-state index contributed by atoms with van der Waals surface area (Å²) in [6.07, 6.45) is 0.496. The molecule has 0 aliphatic heterocycles. The third-order valence-electron chi connectivity index (χ3n) is 3.82. The maximum absolute atomic E-state index is 13.0. The third-order valence-corrected chi connectivity index (χ3v) is 3.82. The SMILES string of the molecule is CCc1c(C(=O)N(CC(=O)O)c2ccccc2)[nH]c(C)c1C(C)=O. The molecule has 1 aromatic heterocycles. The quantitative estimate of drug-likeness (QED) is 0.798. The summed E-state index contributed by atoms with van der Waals surface area (Å²) in [6.45, 7) is 4.59. The molecule has 0 aliphatic rings. The predicted molar refractivity (Wildman–Crippen MR) is 90.7 cm³/mol. The zero-order chi connectivity index (χ0) is 17.9. The van der Waals surface area contributed by atoms with Crippen LogP contribution in [0.5, 0.6) is 0 Å². The molecule has 0 aliphatic carbocycles. The van der Waals surface area contributed by atoms with Crippen molar-refractivity contribution in [3.63, 3.8) is 0 Å². The Kier molecular flexibility index (Phi) is 5.18. The van der Waals surface area contributed by atoms with E-state index in [4.69, 9.17) is 5.11 Å².